The predicted molar refractivity (Wildman–Crippen MR) is 69.0 cm³/mol. The van der Waals surface area contributed by atoms with E-state index >= 15 is 0 Å². The number of hydrogen-bond donors (Lipinski definition) is 2. The molecule has 18 heavy (non-hydrogen) atoms. The first-order chi connectivity index (χ1) is 8.62. The van der Waals surface area contributed by atoms with Crippen LogP contribution in [0.4, 0.5) is 0 Å². The Kier molecular flexibility index (Phi) is 5.91. The van der Waals surface area contributed by atoms with Crippen LogP contribution >= 0.6 is 0 Å². The average molecular weight is 255 g/mol. The summed E-state index contributed by atoms with van der Waals surface area (Å²) in [5.74, 6) is 1.27. The average Bonchev–Trinajstić information content (AvgIpc) is 2.38. The molecule has 0 aliphatic carbocycles. The number of ether oxygens (including phenoxy) is 3. The second-order valence-electron chi connectivity index (χ2n) is 4.07. The van der Waals surface area contributed by atoms with Gasteiger partial charge in [0.1, 0.15) is 11.5 Å². The van der Waals surface area contributed by atoms with Gasteiger partial charge in [-0.3, -0.25) is 0 Å². The number of nitrogens with two attached hydrogens (primary N) is 1. The van der Waals surface area contributed by atoms with Crippen LogP contribution in [0.3, 0.4) is 0 Å². The Morgan fingerprint density at radius 3 is 2.50 bits per heavy atom. The van der Waals surface area contributed by atoms with Crippen LogP contribution in [-0.2, 0) is 4.74 Å². The van der Waals surface area contributed by atoms with E-state index in [0.29, 0.717) is 30.1 Å². The minimum absolute atomic E-state index is 0.211. The molecule has 1 rings (SSSR count). The molecular formula is C13H21NO4. The van der Waals surface area contributed by atoms with Gasteiger partial charge in [-0.2, -0.15) is 0 Å². The van der Waals surface area contributed by atoms with Crippen LogP contribution in [0.1, 0.15) is 18.1 Å². The molecule has 2 unspecified atom stereocenters. The van der Waals surface area contributed by atoms with E-state index in [2.05, 4.69) is 0 Å². The summed E-state index contributed by atoms with van der Waals surface area (Å²) in [6, 6.07) is 5.09. The van der Waals surface area contributed by atoms with Crippen molar-refractivity contribution in [2.24, 2.45) is 5.73 Å². The van der Waals surface area contributed by atoms with Crippen LogP contribution in [0.25, 0.3) is 0 Å². The first-order valence-electron chi connectivity index (χ1n) is 5.76. The molecule has 0 saturated heterocycles. The van der Waals surface area contributed by atoms with Gasteiger partial charge in [0.25, 0.3) is 0 Å². The van der Waals surface area contributed by atoms with E-state index in [1.165, 1.54) is 0 Å². The van der Waals surface area contributed by atoms with Crippen molar-refractivity contribution in [1.29, 1.82) is 0 Å². The van der Waals surface area contributed by atoms with E-state index in [9.17, 15) is 5.11 Å². The van der Waals surface area contributed by atoms with E-state index in [1.54, 1.807) is 39.5 Å². The maximum Gasteiger partial charge on any atom is 0.128 e. The molecule has 0 heterocycles. The normalized spacial score (nSPS) is 14.1. The third kappa shape index (κ3) is 3.87. The van der Waals surface area contributed by atoms with Gasteiger partial charge in [-0.1, -0.05) is 0 Å². The van der Waals surface area contributed by atoms with Crippen molar-refractivity contribution in [2.45, 2.75) is 18.6 Å². The lowest BCUT2D eigenvalue weighted by Crippen LogP contribution is -2.27. The van der Waals surface area contributed by atoms with Crippen molar-refractivity contribution in [3.63, 3.8) is 0 Å². The number of rotatable bonds is 7. The van der Waals surface area contributed by atoms with Crippen molar-refractivity contribution in [3.05, 3.63) is 23.8 Å². The lowest BCUT2D eigenvalue weighted by Gasteiger charge is -2.18. The summed E-state index contributed by atoms with van der Waals surface area (Å²) >= 11 is 0. The Morgan fingerprint density at radius 2 is 1.94 bits per heavy atom. The van der Waals surface area contributed by atoms with Gasteiger partial charge < -0.3 is 25.1 Å². The summed E-state index contributed by atoms with van der Waals surface area (Å²) in [6.45, 7) is 0.412. The van der Waals surface area contributed by atoms with Crippen molar-refractivity contribution in [1.82, 2.24) is 0 Å². The van der Waals surface area contributed by atoms with E-state index < -0.39 is 6.10 Å². The van der Waals surface area contributed by atoms with E-state index in [1.807, 2.05) is 0 Å². The zero-order chi connectivity index (χ0) is 13.5. The largest absolute Gasteiger partial charge is 0.497 e. The fourth-order valence-corrected chi connectivity index (χ4v) is 1.79. The summed E-state index contributed by atoms with van der Waals surface area (Å²) < 4.78 is 15.3. The van der Waals surface area contributed by atoms with Gasteiger partial charge in [-0.25, -0.2) is 0 Å². The first kappa shape index (κ1) is 14.8. The molecule has 5 nitrogen and oxygen atoms in total. The Morgan fingerprint density at radius 1 is 1.22 bits per heavy atom. The third-order valence-corrected chi connectivity index (χ3v) is 2.71. The highest BCUT2D eigenvalue weighted by Crippen LogP contribution is 2.31. The zero-order valence-corrected chi connectivity index (χ0v) is 11.1. The van der Waals surface area contributed by atoms with E-state index in [-0.39, 0.29) is 6.04 Å². The van der Waals surface area contributed by atoms with Crippen LogP contribution in [0.15, 0.2) is 18.2 Å². The van der Waals surface area contributed by atoms with Gasteiger partial charge in [0.2, 0.25) is 0 Å². The molecule has 3 N–H and O–H groups in total. The van der Waals surface area contributed by atoms with Gasteiger partial charge in [0, 0.05) is 24.8 Å². The molecule has 102 valence electrons. The molecule has 0 spiro atoms. The second-order valence-corrected chi connectivity index (χ2v) is 4.07. The maximum absolute atomic E-state index is 10.1. The highest BCUT2D eigenvalue weighted by Gasteiger charge is 2.17. The van der Waals surface area contributed by atoms with Crippen molar-refractivity contribution in [3.8, 4) is 11.5 Å². The summed E-state index contributed by atoms with van der Waals surface area (Å²) in [7, 11) is 4.72. The van der Waals surface area contributed by atoms with Crippen LogP contribution < -0.4 is 15.2 Å². The van der Waals surface area contributed by atoms with Crippen LogP contribution in [0.5, 0.6) is 11.5 Å². The fraction of sp³-hybridized carbons (Fsp3) is 0.538. The summed E-state index contributed by atoms with van der Waals surface area (Å²) in [5.41, 5.74) is 6.52. The van der Waals surface area contributed by atoms with Gasteiger partial charge in [0.15, 0.2) is 0 Å². The molecular weight excluding hydrogens is 234 g/mol. The Labute approximate surface area is 107 Å². The molecule has 0 bridgehead atoms. The van der Waals surface area contributed by atoms with Gasteiger partial charge in [-0.15, -0.1) is 0 Å². The molecule has 0 aliphatic heterocycles. The molecule has 0 fully saturated rings. The van der Waals surface area contributed by atoms with Crippen molar-refractivity contribution >= 4 is 0 Å². The SMILES string of the molecule is COCC(N)CC(O)c1ccc(OC)cc1OC. The smallest absolute Gasteiger partial charge is 0.128 e. The lowest BCUT2D eigenvalue weighted by atomic mass is 10.0. The highest BCUT2D eigenvalue weighted by atomic mass is 16.5. The molecule has 2 atom stereocenters. The molecule has 0 amide bonds. The van der Waals surface area contributed by atoms with Crippen LogP contribution in [0.2, 0.25) is 0 Å². The molecule has 0 saturated carbocycles. The number of hydrogen-bond acceptors (Lipinski definition) is 5. The lowest BCUT2D eigenvalue weighted by molar-refractivity contribution is 0.120. The monoisotopic (exact) mass is 255 g/mol. The molecule has 0 radical (unpaired) electrons. The Bertz CT molecular complexity index is 370. The van der Waals surface area contributed by atoms with Crippen molar-refractivity contribution in [2.75, 3.05) is 27.9 Å². The second kappa shape index (κ2) is 7.20. The van der Waals surface area contributed by atoms with Gasteiger partial charge in [-0.05, 0) is 18.6 Å². The quantitative estimate of drug-likeness (QED) is 0.763. The summed E-state index contributed by atoms with van der Waals surface area (Å²) in [6.07, 6.45) is -0.271. The molecule has 0 aromatic heterocycles. The maximum atomic E-state index is 10.1. The molecule has 0 aliphatic rings. The highest BCUT2D eigenvalue weighted by molar-refractivity contribution is 5.42. The number of aliphatic hydroxyl groups excluding tert-OH is 1. The number of aliphatic hydroxyl groups is 1. The minimum atomic E-state index is -0.684. The zero-order valence-electron chi connectivity index (χ0n) is 11.1. The molecule has 1 aromatic carbocycles. The Hall–Kier alpha value is -1.30. The van der Waals surface area contributed by atoms with Crippen LogP contribution in [-0.4, -0.2) is 39.1 Å². The summed E-state index contributed by atoms with van der Waals surface area (Å²) in [4.78, 5) is 0. The van der Waals surface area contributed by atoms with Gasteiger partial charge in [0.05, 0.1) is 26.9 Å². The topological polar surface area (TPSA) is 73.9 Å². The summed E-state index contributed by atoms with van der Waals surface area (Å²) in [5, 5.41) is 10.1. The first-order valence-corrected chi connectivity index (χ1v) is 5.76. The van der Waals surface area contributed by atoms with Gasteiger partial charge >= 0.3 is 0 Å². The molecule has 1 aromatic rings. The number of methoxy groups -OCH3 is 3. The van der Waals surface area contributed by atoms with E-state index in [4.69, 9.17) is 19.9 Å². The number of benzene rings is 1. The Balaban J connectivity index is 2.81. The van der Waals surface area contributed by atoms with Crippen molar-refractivity contribution < 1.29 is 19.3 Å². The molecule has 5 heteroatoms. The standard InChI is InChI=1S/C13H21NO4/c1-16-8-9(14)6-12(15)11-5-4-10(17-2)7-13(11)18-3/h4-5,7,9,12,15H,6,8,14H2,1-3H3. The third-order valence-electron chi connectivity index (χ3n) is 2.71. The van der Waals surface area contributed by atoms with E-state index in [0.717, 1.165) is 0 Å². The fourth-order valence-electron chi connectivity index (χ4n) is 1.79. The predicted octanol–water partition coefficient (Wildman–Crippen LogP) is 1.10. The minimum Gasteiger partial charge on any atom is -0.497 e. The van der Waals surface area contributed by atoms with Crippen LogP contribution in [0, 0.1) is 0 Å².